The summed E-state index contributed by atoms with van der Waals surface area (Å²) in [5, 5.41) is 24.9. The first-order valence-corrected chi connectivity index (χ1v) is 24.0. The van der Waals surface area contributed by atoms with Crippen LogP contribution in [0.1, 0.15) is 87.7 Å². The molecule has 344 valence electrons. The minimum atomic E-state index is -1.52. The molecular weight excluding hydrogens is 836 g/mol. The quantitative estimate of drug-likeness (QED) is 0.0435. The molecule has 0 radical (unpaired) electrons. The van der Waals surface area contributed by atoms with Crippen molar-refractivity contribution in [1.82, 2.24) is 4.90 Å². The van der Waals surface area contributed by atoms with Crippen molar-refractivity contribution in [3.05, 3.63) is 121 Å². The third-order valence-corrected chi connectivity index (χ3v) is 13.5. The number of rotatable bonds is 22. The Balaban J connectivity index is 1.44. The standard InChI is InChI=1S/C51H63FN2O9S/c1-4-6-29-59-50(57)54(34-35-16-18-37(52)19-17-35)46-33-44(53-63-47-15-9-12-30-58-47)42-31-36(13-7-10-26-55)41(14-8-11-27-56)48-43-32-39(61-38-20-23-40(64-3)24-21-38)22-25-45(43)62-51(46,49(42)48)60-28-5-2/h4-5,16-25,31-32,36,41,46-49,55-56H,1-2,6-15,26-30,33-34H2,3H3. The highest BCUT2D eigenvalue weighted by molar-refractivity contribution is 7.98. The number of halogens is 1. The zero-order valence-corrected chi connectivity index (χ0v) is 37.7. The van der Waals surface area contributed by atoms with Gasteiger partial charge < -0.3 is 38.7 Å². The number of oxime groups is 1. The summed E-state index contributed by atoms with van der Waals surface area (Å²) in [4.78, 5) is 23.7. The van der Waals surface area contributed by atoms with Gasteiger partial charge in [0.25, 0.3) is 0 Å². The minimum absolute atomic E-state index is 0.0112. The Morgan fingerprint density at radius 3 is 2.45 bits per heavy atom. The third kappa shape index (κ3) is 11.1. The topological polar surface area (TPSA) is 129 Å². The van der Waals surface area contributed by atoms with E-state index in [1.54, 1.807) is 40.9 Å². The monoisotopic (exact) mass is 898 g/mol. The Bertz CT molecular complexity index is 2070. The Hall–Kier alpha value is -4.66. The zero-order valence-electron chi connectivity index (χ0n) is 36.9. The molecule has 2 heterocycles. The van der Waals surface area contributed by atoms with Crippen LogP contribution >= 0.6 is 11.8 Å². The van der Waals surface area contributed by atoms with Crippen LogP contribution in [0.3, 0.4) is 0 Å². The van der Waals surface area contributed by atoms with Crippen molar-refractivity contribution >= 4 is 23.6 Å². The number of allylic oxidation sites excluding steroid dienone is 1. The molecule has 13 heteroatoms. The largest absolute Gasteiger partial charge is 0.459 e. The van der Waals surface area contributed by atoms with Crippen LogP contribution in [0.4, 0.5) is 9.18 Å². The number of aliphatic hydroxyl groups is 2. The number of nitrogens with zero attached hydrogens (tertiary/aromatic N) is 2. The summed E-state index contributed by atoms with van der Waals surface area (Å²) in [6.07, 6.45) is 14.3. The summed E-state index contributed by atoms with van der Waals surface area (Å²) in [5.74, 6) is -0.734. The Labute approximate surface area is 381 Å². The van der Waals surface area contributed by atoms with E-state index < -0.39 is 35.9 Å². The first kappa shape index (κ1) is 47.3. The molecule has 0 bridgehead atoms. The Morgan fingerprint density at radius 1 is 0.984 bits per heavy atom. The van der Waals surface area contributed by atoms with Crippen LogP contribution < -0.4 is 9.47 Å². The van der Waals surface area contributed by atoms with Gasteiger partial charge in [-0.25, -0.2) is 9.18 Å². The molecule has 7 atom stereocenters. The van der Waals surface area contributed by atoms with Gasteiger partial charge in [-0.15, -0.1) is 24.9 Å². The molecule has 0 aromatic heterocycles. The van der Waals surface area contributed by atoms with Crippen molar-refractivity contribution in [3.8, 4) is 17.2 Å². The van der Waals surface area contributed by atoms with Gasteiger partial charge in [0.15, 0.2) is 0 Å². The fourth-order valence-electron chi connectivity index (χ4n) is 9.81. The van der Waals surface area contributed by atoms with Gasteiger partial charge in [-0.2, -0.15) is 0 Å². The molecule has 2 N–H and O–H groups in total. The Kier molecular flexibility index (Phi) is 17.0. The molecule has 7 unspecified atom stereocenters. The van der Waals surface area contributed by atoms with Crippen molar-refractivity contribution in [2.75, 3.05) is 39.3 Å². The smallest absolute Gasteiger partial charge is 0.410 e. The van der Waals surface area contributed by atoms with E-state index in [-0.39, 0.29) is 57.1 Å². The second kappa shape index (κ2) is 23.0. The van der Waals surface area contributed by atoms with E-state index in [9.17, 15) is 19.4 Å². The maximum absolute atomic E-state index is 14.7. The molecule has 0 spiro atoms. The highest BCUT2D eigenvalue weighted by atomic mass is 32.2. The number of benzene rings is 3. The van der Waals surface area contributed by atoms with Crippen LogP contribution in [0.5, 0.6) is 17.2 Å². The molecule has 11 nitrogen and oxygen atoms in total. The van der Waals surface area contributed by atoms with E-state index in [0.717, 1.165) is 54.6 Å². The normalized spacial score (nSPS) is 25.2. The van der Waals surface area contributed by atoms with Gasteiger partial charge in [0.2, 0.25) is 12.1 Å². The fourth-order valence-corrected chi connectivity index (χ4v) is 10.2. The average molecular weight is 899 g/mol. The summed E-state index contributed by atoms with van der Waals surface area (Å²) in [6, 6.07) is 19.1. The van der Waals surface area contributed by atoms with E-state index in [1.807, 2.05) is 42.7 Å². The van der Waals surface area contributed by atoms with Gasteiger partial charge in [-0.1, -0.05) is 48.4 Å². The lowest BCUT2D eigenvalue weighted by Crippen LogP contribution is -2.70. The number of unbranched alkanes of at least 4 members (excludes halogenated alkanes) is 2. The summed E-state index contributed by atoms with van der Waals surface area (Å²) < 4.78 is 47.3. The summed E-state index contributed by atoms with van der Waals surface area (Å²) in [7, 11) is 0. The van der Waals surface area contributed by atoms with E-state index in [1.165, 1.54) is 12.1 Å². The molecule has 2 aliphatic heterocycles. The molecule has 3 aromatic carbocycles. The van der Waals surface area contributed by atoms with Crippen molar-refractivity contribution in [3.63, 3.8) is 0 Å². The SMILES string of the molecule is C=CCCOC(=O)N(Cc1ccc(F)cc1)C1CC(=NOC2CCCCO2)C2=CC(CCCCO)C(CCCCO)C3c4cc(Oc5ccc(SC)cc5)ccc4OC1(OCC=C)C23. The van der Waals surface area contributed by atoms with Crippen LogP contribution in [0.25, 0.3) is 0 Å². The van der Waals surface area contributed by atoms with Gasteiger partial charge in [-0.3, -0.25) is 4.90 Å². The fraction of sp³-hybridized carbons (Fsp3) is 0.490. The molecule has 3 aromatic rings. The minimum Gasteiger partial charge on any atom is -0.459 e. The van der Waals surface area contributed by atoms with E-state index >= 15 is 0 Å². The van der Waals surface area contributed by atoms with Gasteiger partial charge in [0.1, 0.15) is 29.1 Å². The van der Waals surface area contributed by atoms with Crippen molar-refractivity contribution in [2.24, 2.45) is 22.9 Å². The number of thioether (sulfide) groups is 1. The van der Waals surface area contributed by atoms with Crippen molar-refractivity contribution in [2.45, 2.75) is 106 Å². The van der Waals surface area contributed by atoms with E-state index in [4.69, 9.17) is 33.7 Å². The zero-order chi connectivity index (χ0) is 44.9. The number of aliphatic hydroxyl groups excluding tert-OH is 2. The first-order valence-electron chi connectivity index (χ1n) is 22.8. The van der Waals surface area contributed by atoms with Gasteiger partial charge >= 0.3 is 6.09 Å². The lowest BCUT2D eigenvalue weighted by atomic mass is 9.55. The second-order valence-electron chi connectivity index (χ2n) is 16.9. The van der Waals surface area contributed by atoms with Crippen molar-refractivity contribution in [1.29, 1.82) is 0 Å². The molecule has 4 aliphatic rings. The summed E-state index contributed by atoms with van der Waals surface area (Å²) >= 11 is 1.66. The predicted molar refractivity (Wildman–Crippen MR) is 246 cm³/mol. The third-order valence-electron chi connectivity index (χ3n) is 12.8. The number of hydrogen-bond acceptors (Lipinski definition) is 11. The van der Waals surface area contributed by atoms with E-state index in [2.05, 4.69) is 25.3 Å². The number of hydrogen-bond donors (Lipinski definition) is 2. The average Bonchev–Trinajstić information content (AvgIpc) is 3.32. The molecule has 64 heavy (non-hydrogen) atoms. The van der Waals surface area contributed by atoms with Gasteiger partial charge in [-0.05, 0) is 129 Å². The summed E-state index contributed by atoms with van der Waals surface area (Å²) in [5.41, 5.74) is 3.16. The first-order chi connectivity index (χ1) is 31.3. The second-order valence-corrected chi connectivity index (χ2v) is 17.8. The molecule has 1 saturated carbocycles. The predicted octanol–water partition coefficient (Wildman–Crippen LogP) is 10.7. The summed E-state index contributed by atoms with van der Waals surface area (Å²) in [6.45, 7) is 8.84. The molecular formula is C51H63FN2O9S. The van der Waals surface area contributed by atoms with Gasteiger partial charge in [0, 0.05) is 49.0 Å². The van der Waals surface area contributed by atoms with Crippen LogP contribution in [0, 0.1) is 23.6 Å². The van der Waals surface area contributed by atoms with Crippen LogP contribution in [0.2, 0.25) is 0 Å². The van der Waals surface area contributed by atoms with Crippen LogP contribution in [-0.2, 0) is 25.6 Å². The molecule has 7 rings (SSSR count). The number of ether oxygens (including phenoxy) is 5. The molecule has 2 fully saturated rings. The lowest BCUT2D eigenvalue weighted by Gasteiger charge is -2.59. The van der Waals surface area contributed by atoms with E-state index in [0.29, 0.717) is 60.8 Å². The molecule has 1 saturated heterocycles. The van der Waals surface area contributed by atoms with Gasteiger partial charge in [0.05, 0.1) is 31.5 Å². The van der Waals surface area contributed by atoms with Crippen molar-refractivity contribution < 1.29 is 47.9 Å². The number of fused-ring (bicyclic) bond motifs is 2. The highest BCUT2D eigenvalue weighted by Gasteiger charge is 2.65. The lowest BCUT2D eigenvalue weighted by molar-refractivity contribution is -0.256. The van der Waals surface area contributed by atoms with Crippen LogP contribution in [0.15, 0.2) is 114 Å². The maximum Gasteiger partial charge on any atom is 0.410 e. The molecule has 1 amide bonds. The Morgan fingerprint density at radius 2 is 1.75 bits per heavy atom. The number of amides is 1. The highest BCUT2D eigenvalue weighted by Crippen LogP contribution is 2.62. The van der Waals surface area contributed by atoms with Crippen LogP contribution in [-0.4, -0.2) is 84.3 Å². The molecule has 2 aliphatic carbocycles. The number of carbonyl (C=O) groups excluding carboxylic acids is 1. The number of carbonyl (C=O) groups is 1. The maximum atomic E-state index is 14.7.